The number of hydrogen-bond donors (Lipinski definition) is 2. The zero-order chi connectivity index (χ0) is 23.8. The smallest absolute Gasteiger partial charge is 0.321 e. The van der Waals surface area contributed by atoms with Crippen molar-refractivity contribution in [3.8, 4) is 28.6 Å². The van der Waals surface area contributed by atoms with Crippen molar-refractivity contribution in [2.45, 2.75) is 31.2 Å². The molecule has 0 radical (unpaired) electrons. The molecule has 10 heteroatoms. The second kappa shape index (κ2) is 11.4. The first-order chi connectivity index (χ1) is 16.0. The van der Waals surface area contributed by atoms with Gasteiger partial charge in [-0.3, -0.25) is 14.7 Å². The first kappa shape index (κ1) is 24.1. The fourth-order valence-corrected chi connectivity index (χ4v) is 3.88. The zero-order valence-corrected chi connectivity index (χ0v) is 19.8. The summed E-state index contributed by atoms with van der Waals surface area (Å²) in [6, 6.07) is 14.5. The second-order valence-electron chi connectivity index (χ2n) is 6.91. The SMILES string of the molecule is CCNC(=O)NC(=O)C(C)Sc1nnc(-c2cccc(OC)c2)n1-c1ccc(OCC)cc1. The summed E-state index contributed by atoms with van der Waals surface area (Å²) in [6.07, 6.45) is 0. The van der Waals surface area contributed by atoms with E-state index in [1.807, 2.05) is 60.0 Å². The van der Waals surface area contributed by atoms with Crippen LogP contribution in [0.3, 0.4) is 0 Å². The maximum Gasteiger partial charge on any atom is 0.321 e. The number of hydrogen-bond acceptors (Lipinski definition) is 7. The van der Waals surface area contributed by atoms with Gasteiger partial charge < -0.3 is 14.8 Å². The molecular formula is C23H27N5O4S. The number of nitrogens with one attached hydrogen (secondary N) is 2. The second-order valence-corrected chi connectivity index (χ2v) is 8.22. The van der Waals surface area contributed by atoms with E-state index < -0.39 is 17.2 Å². The third kappa shape index (κ3) is 6.04. The molecule has 2 aromatic carbocycles. The van der Waals surface area contributed by atoms with Gasteiger partial charge in [-0.2, -0.15) is 0 Å². The molecule has 3 amide bonds. The first-order valence-corrected chi connectivity index (χ1v) is 11.4. The fourth-order valence-electron chi connectivity index (χ4n) is 3.02. The summed E-state index contributed by atoms with van der Waals surface area (Å²) in [6.45, 7) is 6.41. The van der Waals surface area contributed by atoms with E-state index in [0.717, 1.165) is 17.0 Å². The molecule has 174 valence electrons. The Balaban J connectivity index is 1.97. The van der Waals surface area contributed by atoms with Crippen molar-refractivity contribution in [1.82, 2.24) is 25.4 Å². The van der Waals surface area contributed by atoms with Crippen molar-refractivity contribution >= 4 is 23.7 Å². The van der Waals surface area contributed by atoms with E-state index in [4.69, 9.17) is 9.47 Å². The number of aromatic nitrogens is 3. The first-order valence-electron chi connectivity index (χ1n) is 10.5. The summed E-state index contributed by atoms with van der Waals surface area (Å²) in [5.41, 5.74) is 1.61. The number of carbonyl (C=O) groups excluding carboxylic acids is 2. The Morgan fingerprint density at radius 1 is 1.09 bits per heavy atom. The number of rotatable bonds is 9. The van der Waals surface area contributed by atoms with Crippen LogP contribution in [-0.4, -0.2) is 52.2 Å². The minimum absolute atomic E-state index is 0.421. The molecular weight excluding hydrogens is 442 g/mol. The van der Waals surface area contributed by atoms with Crippen LogP contribution in [0.5, 0.6) is 11.5 Å². The molecule has 0 bridgehead atoms. The van der Waals surface area contributed by atoms with E-state index in [0.29, 0.717) is 29.9 Å². The van der Waals surface area contributed by atoms with Crippen LogP contribution in [0.4, 0.5) is 4.79 Å². The van der Waals surface area contributed by atoms with Crippen molar-refractivity contribution in [2.75, 3.05) is 20.3 Å². The molecule has 2 N–H and O–H groups in total. The molecule has 1 heterocycles. The number of urea groups is 1. The number of methoxy groups -OCH3 is 1. The lowest BCUT2D eigenvalue weighted by molar-refractivity contribution is -0.119. The van der Waals surface area contributed by atoms with Crippen LogP contribution >= 0.6 is 11.8 Å². The minimum atomic E-state index is -0.587. The fraction of sp³-hybridized carbons (Fsp3) is 0.304. The van der Waals surface area contributed by atoms with E-state index in [1.165, 1.54) is 11.8 Å². The van der Waals surface area contributed by atoms with Crippen molar-refractivity contribution < 1.29 is 19.1 Å². The summed E-state index contributed by atoms with van der Waals surface area (Å²) < 4.78 is 12.8. The molecule has 1 atom stereocenters. The van der Waals surface area contributed by atoms with Crippen molar-refractivity contribution in [2.24, 2.45) is 0 Å². The number of ether oxygens (including phenoxy) is 2. The Hall–Kier alpha value is -3.53. The van der Waals surface area contributed by atoms with Gasteiger partial charge in [-0.05, 0) is 57.2 Å². The molecule has 0 spiro atoms. The van der Waals surface area contributed by atoms with Crippen LogP contribution in [0.1, 0.15) is 20.8 Å². The molecule has 0 fully saturated rings. The van der Waals surface area contributed by atoms with Crippen molar-refractivity contribution in [1.29, 1.82) is 0 Å². The van der Waals surface area contributed by atoms with Crippen LogP contribution in [0.2, 0.25) is 0 Å². The van der Waals surface area contributed by atoms with Gasteiger partial charge in [-0.15, -0.1) is 10.2 Å². The number of imide groups is 1. The number of carbonyl (C=O) groups is 2. The van der Waals surface area contributed by atoms with E-state index in [2.05, 4.69) is 20.8 Å². The molecule has 3 rings (SSSR count). The predicted octanol–water partition coefficient (Wildman–Crippen LogP) is 3.67. The molecule has 1 aromatic heterocycles. The zero-order valence-electron chi connectivity index (χ0n) is 19.0. The summed E-state index contributed by atoms with van der Waals surface area (Å²) in [5, 5.41) is 13.5. The highest BCUT2D eigenvalue weighted by molar-refractivity contribution is 8.00. The molecule has 0 aliphatic heterocycles. The van der Waals surface area contributed by atoms with Crippen LogP contribution in [0, 0.1) is 0 Å². The molecule has 33 heavy (non-hydrogen) atoms. The maximum absolute atomic E-state index is 12.5. The summed E-state index contributed by atoms with van der Waals surface area (Å²) >= 11 is 1.21. The molecule has 0 saturated heterocycles. The van der Waals surface area contributed by atoms with Crippen LogP contribution in [0.25, 0.3) is 17.1 Å². The van der Waals surface area contributed by atoms with Gasteiger partial charge in [0.15, 0.2) is 11.0 Å². The number of thioether (sulfide) groups is 1. The lowest BCUT2D eigenvalue weighted by atomic mass is 10.2. The molecule has 9 nitrogen and oxygen atoms in total. The van der Waals surface area contributed by atoms with Gasteiger partial charge >= 0.3 is 6.03 Å². The van der Waals surface area contributed by atoms with Crippen LogP contribution < -0.4 is 20.1 Å². The standard InChI is InChI=1S/C23H27N5O4S/c1-5-24-22(30)25-21(29)15(3)33-23-27-26-20(16-8-7-9-19(14-16)31-4)28(23)17-10-12-18(13-11-17)32-6-2/h7-15H,5-6H2,1-4H3,(H2,24,25,29,30). The number of nitrogens with zero attached hydrogens (tertiary/aromatic N) is 3. The average molecular weight is 470 g/mol. The molecule has 0 aliphatic rings. The predicted molar refractivity (Wildman–Crippen MR) is 127 cm³/mol. The Kier molecular flexibility index (Phi) is 8.31. The minimum Gasteiger partial charge on any atom is -0.497 e. The van der Waals surface area contributed by atoms with Gasteiger partial charge in [0.05, 0.1) is 19.0 Å². The Morgan fingerprint density at radius 3 is 2.52 bits per heavy atom. The van der Waals surface area contributed by atoms with E-state index in [1.54, 1.807) is 21.0 Å². The lowest BCUT2D eigenvalue weighted by Gasteiger charge is -2.14. The van der Waals surface area contributed by atoms with Gasteiger partial charge in [0.25, 0.3) is 0 Å². The summed E-state index contributed by atoms with van der Waals surface area (Å²) in [5.74, 6) is 1.62. The maximum atomic E-state index is 12.5. The van der Waals surface area contributed by atoms with Crippen molar-refractivity contribution in [3.05, 3.63) is 48.5 Å². The van der Waals surface area contributed by atoms with E-state index >= 15 is 0 Å². The lowest BCUT2D eigenvalue weighted by Crippen LogP contribution is -2.42. The summed E-state index contributed by atoms with van der Waals surface area (Å²) in [7, 11) is 1.60. The summed E-state index contributed by atoms with van der Waals surface area (Å²) in [4.78, 5) is 24.2. The van der Waals surface area contributed by atoms with Crippen molar-refractivity contribution in [3.63, 3.8) is 0 Å². The quantitative estimate of drug-likeness (QED) is 0.461. The van der Waals surface area contributed by atoms with Gasteiger partial charge in [-0.1, -0.05) is 23.9 Å². The monoisotopic (exact) mass is 469 g/mol. The Labute approximate surface area is 196 Å². The third-order valence-corrected chi connectivity index (χ3v) is 5.64. The van der Waals surface area contributed by atoms with Gasteiger partial charge in [-0.25, -0.2) is 4.79 Å². The number of amides is 3. The van der Waals surface area contributed by atoms with Gasteiger partial charge in [0, 0.05) is 17.8 Å². The molecule has 1 unspecified atom stereocenters. The largest absolute Gasteiger partial charge is 0.497 e. The van der Waals surface area contributed by atoms with Crippen LogP contribution in [-0.2, 0) is 4.79 Å². The van der Waals surface area contributed by atoms with E-state index in [-0.39, 0.29) is 0 Å². The molecule has 0 aliphatic carbocycles. The van der Waals surface area contributed by atoms with Gasteiger partial charge in [0.2, 0.25) is 5.91 Å². The molecule has 0 saturated carbocycles. The third-order valence-electron chi connectivity index (χ3n) is 4.59. The average Bonchev–Trinajstić information content (AvgIpc) is 3.23. The highest BCUT2D eigenvalue weighted by Gasteiger charge is 2.23. The highest BCUT2D eigenvalue weighted by Crippen LogP contribution is 2.32. The van der Waals surface area contributed by atoms with Crippen LogP contribution in [0.15, 0.2) is 53.7 Å². The number of benzene rings is 2. The Morgan fingerprint density at radius 2 is 1.85 bits per heavy atom. The highest BCUT2D eigenvalue weighted by atomic mass is 32.2. The van der Waals surface area contributed by atoms with E-state index in [9.17, 15) is 9.59 Å². The normalized spacial score (nSPS) is 11.5. The Bertz CT molecular complexity index is 1100. The van der Waals surface area contributed by atoms with Gasteiger partial charge in [0.1, 0.15) is 11.5 Å². The topological polar surface area (TPSA) is 107 Å². The molecule has 3 aromatic rings.